The third-order valence-corrected chi connectivity index (χ3v) is 8.94. The Hall–Kier alpha value is -0.510. The van der Waals surface area contributed by atoms with Gasteiger partial charge >= 0.3 is 0 Å². The molecule has 0 aromatic rings. The molecule has 6 heterocycles. The summed E-state index contributed by atoms with van der Waals surface area (Å²) in [6, 6.07) is 0.640. The summed E-state index contributed by atoms with van der Waals surface area (Å²) in [5.41, 5.74) is 0. The van der Waals surface area contributed by atoms with Crippen LogP contribution in [-0.4, -0.2) is 110 Å². The van der Waals surface area contributed by atoms with Crippen molar-refractivity contribution < 1.29 is 4.74 Å². The number of piperidine rings is 4. The Balaban J connectivity index is 1.00. The average molecular weight is 465 g/mol. The first-order valence-electron chi connectivity index (χ1n) is 13.3. The van der Waals surface area contributed by atoms with Crippen LogP contribution in [0.3, 0.4) is 0 Å². The molecule has 0 radical (unpaired) electrons. The summed E-state index contributed by atoms with van der Waals surface area (Å²) in [4.78, 5) is 8.19. The van der Waals surface area contributed by atoms with E-state index in [1.165, 1.54) is 90.9 Å². The molecule has 2 bridgehead atoms. The Bertz CT molecular complexity index is 603. The summed E-state index contributed by atoms with van der Waals surface area (Å²) >= 11 is 5.52. The standard InChI is InChI=1S/C24H44N6OS/c32-24(27-16-22-4-3-13-31-22)26-15-21-14-19-6-8-30(21)18-20(19)17-28-9-11-29(12-10-28)23-5-1-2-7-25-23/h19-23,25H,1-18H2,(H2,26,27,32). The van der Waals surface area contributed by atoms with Crippen LogP contribution in [0, 0.1) is 11.8 Å². The topological polar surface area (TPSA) is 55.0 Å². The van der Waals surface area contributed by atoms with Crippen molar-refractivity contribution in [1.29, 1.82) is 0 Å². The molecule has 32 heavy (non-hydrogen) atoms. The van der Waals surface area contributed by atoms with Gasteiger partial charge in [0.1, 0.15) is 0 Å². The van der Waals surface area contributed by atoms with Crippen LogP contribution in [0.1, 0.15) is 44.9 Å². The van der Waals surface area contributed by atoms with Crippen LogP contribution in [0.5, 0.6) is 0 Å². The van der Waals surface area contributed by atoms with Gasteiger partial charge in [0.05, 0.1) is 12.3 Å². The Kier molecular flexibility index (Phi) is 8.19. The molecule has 182 valence electrons. The molecule has 0 aromatic carbocycles. The molecular weight excluding hydrogens is 420 g/mol. The lowest BCUT2D eigenvalue weighted by molar-refractivity contribution is -0.0201. The zero-order chi connectivity index (χ0) is 21.8. The van der Waals surface area contributed by atoms with Gasteiger partial charge in [0, 0.05) is 65.0 Å². The summed E-state index contributed by atoms with van der Waals surface area (Å²) in [5, 5.41) is 11.4. The first-order chi connectivity index (χ1) is 15.7. The van der Waals surface area contributed by atoms with Gasteiger partial charge in [0.15, 0.2) is 5.11 Å². The maximum absolute atomic E-state index is 5.68. The molecule has 6 saturated heterocycles. The van der Waals surface area contributed by atoms with Gasteiger partial charge < -0.3 is 25.6 Å². The summed E-state index contributed by atoms with van der Waals surface area (Å²) < 4.78 is 5.68. The highest BCUT2D eigenvalue weighted by Crippen LogP contribution is 2.36. The third kappa shape index (κ3) is 5.94. The van der Waals surface area contributed by atoms with Gasteiger partial charge in [-0.2, -0.15) is 0 Å². The zero-order valence-electron chi connectivity index (χ0n) is 19.8. The van der Waals surface area contributed by atoms with E-state index in [4.69, 9.17) is 17.0 Å². The summed E-state index contributed by atoms with van der Waals surface area (Å²) in [6.07, 6.45) is 10.1. The summed E-state index contributed by atoms with van der Waals surface area (Å²) in [5.74, 6) is 1.74. The number of nitrogens with one attached hydrogen (secondary N) is 3. The van der Waals surface area contributed by atoms with Gasteiger partial charge in [-0.3, -0.25) is 9.80 Å². The van der Waals surface area contributed by atoms with E-state index in [0.717, 1.165) is 43.1 Å². The van der Waals surface area contributed by atoms with Crippen LogP contribution in [0.2, 0.25) is 0 Å². The third-order valence-electron chi connectivity index (χ3n) is 8.65. The van der Waals surface area contributed by atoms with Crippen molar-refractivity contribution in [3.05, 3.63) is 0 Å². The molecule has 7 nitrogen and oxygen atoms in total. The Morgan fingerprint density at radius 2 is 1.81 bits per heavy atom. The Morgan fingerprint density at radius 3 is 2.53 bits per heavy atom. The number of rotatable bonds is 7. The Morgan fingerprint density at radius 1 is 0.938 bits per heavy atom. The number of piperazine rings is 1. The lowest BCUT2D eigenvalue weighted by atomic mass is 9.75. The van der Waals surface area contributed by atoms with Crippen LogP contribution in [0.4, 0.5) is 0 Å². The van der Waals surface area contributed by atoms with Gasteiger partial charge in [-0.15, -0.1) is 0 Å². The highest BCUT2D eigenvalue weighted by Gasteiger charge is 2.40. The maximum Gasteiger partial charge on any atom is 0.166 e. The second-order valence-corrected chi connectivity index (χ2v) is 11.1. The van der Waals surface area contributed by atoms with Gasteiger partial charge in [-0.1, -0.05) is 0 Å². The SMILES string of the molecule is S=C(NCC1CCCO1)NCC1CC2CCN1CC2CN1CCN(C2CCCCN2)CC1. The van der Waals surface area contributed by atoms with Gasteiger partial charge in [-0.25, -0.2) is 0 Å². The minimum Gasteiger partial charge on any atom is -0.376 e. The fourth-order valence-corrected chi connectivity index (χ4v) is 6.85. The van der Waals surface area contributed by atoms with E-state index in [9.17, 15) is 0 Å². The number of fused-ring (bicyclic) bond motifs is 3. The lowest BCUT2D eigenvalue weighted by Gasteiger charge is -2.51. The van der Waals surface area contributed by atoms with Crippen molar-refractivity contribution in [2.45, 2.75) is 63.3 Å². The normalized spacial score (nSPS) is 38.6. The van der Waals surface area contributed by atoms with Crippen molar-refractivity contribution in [1.82, 2.24) is 30.7 Å². The van der Waals surface area contributed by atoms with E-state index in [0.29, 0.717) is 18.3 Å². The first-order valence-corrected chi connectivity index (χ1v) is 13.7. The predicted octanol–water partition coefficient (Wildman–Crippen LogP) is 1.06. The molecule has 0 amide bonds. The molecule has 6 atom stereocenters. The van der Waals surface area contributed by atoms with Gasteiger partial charge in [0.2, 0.25) is 0 Å². The largest absolute Gasteiger partial charge is 0.376 e. The number of ether oxygens (including phenoxy) is 1. The van der Waals surface area contributed by atoms with Crippen LogP contribution in [-0.2, 0) is 4.74 Å². The van der Waals surface area contributed by atoms with E-state index in [1.54, 1.807) is 0 Å². The Labute approximate surface area is 200 Å². The minimum absolute atomic E-state index is 0.339. The molecule has 6 aliphatic heterocycles. The molecule has 3 N–H and O–H groups in total. The smallest absolute Gasteiger partial charge is 0.166 e. The number of hydrogen-bond acceptors (Lipinski definition) is 6. The van der Waals surface area contributed by atoms with E-state index in [1.807, 2.05) is 0 Å². The fourth-order valence-electron chi connectivity index (χ4n) is 6.69. The zero-order valence-corrected chi connectivity index (χ0v) is 20.6. The van der Waals surface area contributed by atoms with E-state index < -0.39 is 0 Å². The molecule has 0 aliphatic carbocycles. The number of nitrogens with zero attached hydrogens (tertiary/aromatic N) is 3. The summed E-state index contributed by atoms with van der Waals surface area (Å²) in [6.45, 7) is 12.7. The first kappa shape index (κ1) is 23.2. The summed E-state index contributed by atoms with van der Waals surface area (Å²) in [7, 11) is 0. The van der Waals surface area contributed by atoms with Gasteiger partial charge in [-0.05, 0) is 82.1 Å². The molecular formula is C24H44N6OS. The van der Waals surface area contributed by atoms with Crippen molar-refractivity contribution in [2.75, 3.05) is 72.1 Å². The molecule has 6 rings (SSSR count). The second-order valence-electron chi connectivity index (χ2n) is 10.7. The molecule has 8 heteroatoms. The highest BCUT2D eigenvalue weighted by atomic mass is 32.1. The van der Waals surface area contributed by atoms with Crippen LogP contribution in [0.25, 0.3) is 0 Å². The molecule has 0 spiro atoms. The molecule has 0 aromatic heterocycles. The van der Waals surface area contributed by atoms with Crippen molar-refractivity contribution >= 4 is 17.3 Å². The van der Waals surface area contributed by atoms with E-state index in [-0.39, 0.29) is 0 Å². The number of thiocarbonyl (C=S) groups is 1. The van der Waals surface area contributed by atoms with Gasteiger partial charge in [0.25, 0.3) is 0 Å². The lowest BCUT2D eigenvalue weighted by Crippen LogP contribution is -2.60. The van der Waals surface area contributed by atoms with Crippen molar-refractivity contribution in [3.63, 3.8) is 0 Å². The van der Waals surface area contributed by atoms with Crippen LogP contribution in [0.15, 0.2) is 0 Å². The molecule has 6 fully saturated rings. The van der Waals surface area contributed by atoms with Crippen molar-refractivity contribution in [2.24, 2.45) is 11.8 Å². The monoisotopic (exact) mass is 464 g/mol. The van der Waals surface area contributed by atoms with Crippen LogP contribution >= 0.6 is 12.2 Å². The molecule has 6 aliphatic rings. The predicted molar refractivity (Wildman–Crippen MR) is 133 cm³/mol. The average Bonchev–Trinajstić information content (AvgIpc) is 3.37. The fraction of sp³-hybridized carbons (Fsp3) is 0.958. The molecule has 0 saturated carbocycles. The maximum atomic E-state index is 5.68. The van der Waals surface area contributed by atoms with E-state index >= 15 is 0 Å². The molecule has 6 unspecified atom stereocenters. The highest BCUT2D eigenvalue weighted by molar-refractivity contribution is 7.80. The van der Waals surface area contributed by atoms with Crippen molar-refractivity contribution in [3.8, 4) is 0 Å². The van der Waals surface area contributed by atoms with Crippen LogP contribution < -0.4 is 16.0 Å². The number of hydrogen-bond donors (Lipinski definition) is 3. The van der Waals surface area contributed by atoms with E-state index in [2.05, 4.69) is 30.7 Å². The quantitative estimate of drug-likeness (QED) is 0.484. The minimum atomic E-state index is 0.339. The second kappa shape index (κ2) is 11.3.